The molecule has 0 fully saturated rings. The molecule has 0 saturated heterocycles. The molecule has 2 aromatic heterocycles. The summed E-state index contributed by atoms with van der Waals surface area (Å²) < 4.78 is 37.7. The molecular formula is C22H17F2NO4. The van der Waals surface area contributed by atoms with Crippen molar-refractivity contribution in [1.29, 1.82) is 0 Å². The number of halogens is 2. The molecular weight excluding hydrogens is 380 g/mol. The zero-order chi connectivity index (χ0) is 20.4. The van der Waals surface area contributed by atoms with Crippen LogP contribution in [0.1, 0.15) is 22.7 Å². The molecule has 29 heavy (non-hydrogen) atoms. The lowest BCUT2D eigenvalue weighted by Crippen LogP contribution is -2.33. The van der Waals surface area contributed by atoms with Crippen molar-refractivity contribution in [2.75, 3.05) is 6.54 Å². The molecule has 0 N–H and O–H groups in total. The van der Waals surface area contributed by atoms with Gasteiger partial charge in [-0.05, 0) is 35.9 Å². The van der Waals surface area contributed by atoms with Gasteiger partial charge in [0, 0.05) is 19.0 Å². The van der Waals surface area contributed by atoms with Crippen LogP contribution < -0.4 is 5.43 Å². The fourth-order valence-corrected chi connectivity index (χ4v) is 3.16. The van der Waals surface area contributed by atoms with Crippen molar-refractivity contribution in [2.45, 2.75) is 19.1 Å². The van der Waals surface area contributed by atoms with E-state index in [0.29, 0.717) is 5.76 Å². The zero-order valence-corrected chi connectivity index (χ0v) is 15.3. The molecule has 1 amide bonds. The summed E-state index contributed by atoms with van der Waals surface area (Å²) in [7, 11) is 0. The van der Waals surface area contributed by atoms with Gasteiger partial charge in [0.15, 0.2) is 11.2 Å². The maximum atomic E-state index is 13.4. The third kappa shape index (κ3) is 4.18. The van der Waals surface area contributed by atoms with Gasteiger partial charge in [0.05, 0.1) is 18.2 Å². The van der Waals surface area contributed by atoms with Crippen LogP contribution in [0.2, 0.25) is 0 Å². The Hall–Kier alpha value is -3.48. The van der Waals surface area contributed by atoms with Crippen LogP contribution in [0.15, 0.2) is 80.1 Å². The van der Waals surface area contributed by atoms with Crippen molar-refractivity contribution in [3.05, 3.63) is 94.0 Å². The Bertz CT molecular complexity index is 1160. The van der Waals surface area contributed by atoms with Crippen molar-refractivity contribution in [1.82, 2.24) is 4.90 Å². The van der Waals surface area contributed by atoms with Gasteiger partial charge >= 0.3 is 0 Å². The molecule has 4 rings (SSSR count). The van der Waals surface area contributed by atoms with E-state index < -0.39 is 23.3 Å². The average Bonchev–Trinajstić information content (AvgIpc) is 3.22. The van der Waals surface area contributed by atoms with Crippen LogP contribution in [0.25, 0.3) is 11.0 Å². The standard InChI is InChI=1S/C22H17F2NO4/c23-15-5-3-14(4-6-15)12-25(13-17-2-1-9-28-17)22(27)21-11-19(26)18-10-16(24)7-8-20(18)29-21/h1-5,7-11,15H,6,12-13H2. The second-order valence-corrected chi connectivity index (χ2v) is 6.75. The molecule has 3 aromatic rings. The molecule has 0 spiro atoms. The van der Waals surface area contributed by atoms with Crippen LogP contribution in [0, 0.1) is 5.82 Å². The fourth-order valence-electron chi connectivity index (χ4n) is 3.16. The van der Waals surface area contributed by atoms with Crippen LogP contribution in [-0.4, -0.2) is 23.5 Å². The molecule has 1 unspecified atom stereocenters. The predicted molar refractivity (Wildman–Crippen MR) is 103 cm³/mol. The van der Waals surface area contributed by atoms with E-state index in [-0.39, 0.29) is 36.2 Å². The summed E-state index contributed by atoms with van der Waals surface area (Å²) in [6, 6.07) is 8.03. The highest BCUT2D eigenvalue weighted by Crippen LogP contribution is 2.19. The van der Waals surface area contributed by atoms with Gasteiger partial charge in [-0.25, -0.2) is 8.78 Å². The summed E-state index contributed by atoms with van der Waals surface area (Å²) in [5.74, 6) is -0.705. The molecule has 1 atom stereocenters. The fraction of sp³-hybridized carbons (Fsp3) is 0.182. The maximum Gasteiger partial charge on any atom is 0.290 e. The molecule has 7 heteroatoms. The quantitative estimate of drug-likeness (QED) is 0.641. The van der Waals surface area contributed by atoms with Crippen molar-refractivity contribution in [3.8, 4) is 0 Å². The van der Waals surface area contributed by atoms with E-state index in [9.17, 15) is 18.4 Å². The minimum absolute atomic E-state index is 0.0612. The summed E-state index contributed by atoms with van der Waals surface area (Å²) in [6.45, 7) is 0.329. The number of nitrogens with zero attached hydrogens (tertiary/aromatic N) is 1. The summed E-state index contributed by atoms with van der Waals surface area (Å²) in [5.41, 5.74) is 0.380. The number of hydrogen-bond acceptors (Lipinski definition) is 4. The Balaban J connectivity index is 1.67. The largest absolute Gasteiger partial charge is 0.467 e. The smallest absolute Gasteiger partial charge is 0.290 e. The Kier molecular flexibility index (Phi) is 5.12. The number of carbonyl (C=O) groups excluding carboxylic acids is 1. The van der Waals surface area contributed by atoms with Gasteiger partial charge in [-0.1, -0.05) is 18.2 Å². The zero-order valence-electron chi connectivity index (χ0n) is 15.3. The van der Waals surface area contributed by atoms with Gasteiger partial charge in [-0.2, -0.15) is 0 Å². The molecule has 0 radical (unpaired) electrons. The second kappa shape index (κ2) is 7.87. The SMILES string of the molecule is O=C(c1cc(=O)c2cc(F)ccc2o1)N(CC1=CCC(F)C=C1)Cc1ccco1. The first-order valence-electron chi connectivity index (χ1n) is 9.06. The van der Waals surface area contributed by atoms with Crippen molar-refractivity contribution in [3.63, 3.8) is 0 Å². The van der Waals surface area contributed by atoms with Crippen molar-refractivity contribution >= 4 is 16.9 Å². The molecule has 0 saturated carbocycles. The molecule has 1 aromatic carbocycles. The van der Waals surface area contributed by atoms with E-state index in [4.69, 9.17) is 8.83 Å². The molecule has 0 bridgehead atoms. The van der Waals surface area contributed by atoms with E-state index in [2.05, 4.69) is 0 Å². The maximum absolute atomic E-state index is 13.4. The first kappa shape index (κ1) is 18.9. The minimum atomic E-state index is -1.04. The van der Waals surface area contributed by atoms with Gasteiger partial charge in [0.1, 0.15) is 23.3 Å². The molecule has 1 aliphatic rings. The van der Waals surface area contributed by atoms with Crippen LogP contribution in [0.3, 0.4) is 0 Å². The second-order valence-electron chi connectivity index (χ2n) is 6.75. The third-order valence-corrected chi connectivity index (χ3v) is 4.61. The molecule has 5 nitrogen and oxygen atoms in total. The number of furan rings is 1. The Morgan fingerprint density at radius 3 is 2.79 bits per heavy atom. The Morgan fingerprint density at radius 1 is 1.21 bits per heavy atom. The molecule has 2 heterocycles. The summed E-state index contributed by atoms with van der Waals surface area (Å²) in [5, 5.41) is 0.0612. The van der Waals surface area contributed by atoms with Gasteiger partial charge < -0.3 is 13.7 Å². The van der Waals surface area contributed by atoms with E-state index in [1.54, 1.807) is 24.3 Å². The first-order chi connectivity index (χ1) is 14.0. The highest BCUT2D eigenvalue weighted by molar-refractivity contribution is 5.93. The van der Waals surface area contributed by atoms with E-state index in [0.717, 1.165) is 23.8 Å². The molecule has 0 aliphatic heterocycles. The van der Waals surface area contributed by atoms with E-state index in [1.807, 2.05) is 0 Å². The van der Waals surface area contributed by atoms with Crippen LogP contribution >= 0.6 is 0 Å². The van der Waals surface area contributed by atoms with E-state index >= 15 is 0 Å². The summed E-state index contributed by atoms with van der Waals surface area (Å²) >= 11 is 0. The van der Waals surface area contributed by atoms with Crippen molar-refractivity contribution in [2.24, 2.45) is 0 Å². The molecule has 148 valence electrons. The summed E-state index contributed by atoms with van der Waals surface area (Å²) in [6.07, 6.45) is 5.51. The lowest BCUT2D eigenvalue weighted by molar-refractivity contribution is 0.0717. The Morgan fingerprint density at radius 2 is 2.07 bits per heavy atom. The van der Waals surface area contributed by atoms with Gasteiger partial charge in [-0.3, -0.25) is 9.59 Å². The van der Waals surface area contributed by atoms with Crippen molar-refractivity contribution < 1.29 is 22.4 Å². The average molecular weight is 397 g/mol. The topological polar surface area (TPSA) is 63.7 Å². The van der Waals surface area contributed by atoms with Gasteiger partial charge in [-0.15, -0.1) is 0 Å². The van der Waals surface area contributed by atoms with Crippen LogP contribution in [0.4, 0.5) is 8.78 Å². The Labute approximate surface area is 164 Å². The highest BCUT2D eigenvalue weighted by Gasteiger charge is 2.22. The number of benzene rings is 1. The predicted octanol–water partition coefficient (Wildman–Crippen LogP) is 4.39. The number of amides is 1. The highest BCUT2D eigenvalue weighted by atomic mass is 19.1. The third-order valence-electron chi connectivity index (χ3n) is 4.61. The van der Waals surface area contributed by atoms with Gasteiger partial charge in [0.2, 0.25) is 0 Å². The number of carbonyl (C=O) groups is 1. The minimum Gasteiger partial charge on any atom is -0.467 e. The van der Waals surface area contributed by atoms with Crippen LogP contribution in [-0.2, 0) is 6.54 Å². The normalized spacial score (nSPS) is 16.1. The summed E-state index contributed by atoms with van der Waals surface area (Å²) in [4.78, 5) is 26.9. The number of alkyl halides is 1. The number of fused-ring (bicyclic) bond motifs is 1. The van der Waals surface area contributed by atoms with E-state index in [1.165, 1.54) is 23.3 Å². The lowest BCUT2D eigenvalue weighted by atomic mass is 10.1. The number of hydrogen-bond donors (Lipinski definition) is 0. The lowest BCUT2D eigenvalue weighted by Gasteiger charge is -2.23. The first-order valence-corrected chi connectivity index (χ1v) is 9.06. The van der Waals surface area contributed by atoms with Gasteiger partial charge in [0.25, 0.3) is 5.91 Å². The number of allylic oxidation sites excluding steroid dienone is 2. The van der Waals surface area contributed by atoms with Crippen LogP contribution in [0.5, 0.6) is 0 Å². The molecule has 1 aliphatic carbocycles. The number of rotatable bonds is 5. The monoisotopic (exact) mass is 397 g/mol.